The second kappa shape index (κ2) is 7.21. The van der Waals surface area contributed by atoms with Gasteiger partial charge in [-0.05, 0) is 26.0 Å². The van der Waals surface area contributed by atoms with Gasteiger partial charge in [-0.15, -0.1) is 5.10 Å². The van der Waals surface area contributed by atoms with Crippen LogP contribution in [0.3, 0.4) is 0 Å². The molecule has 3 rings (SSSR count). The lowest BCUT2D eigenvalue weighted by Crippen LogP contribution is -2.47. The lowest BCUT2D eigenvalue weighted by atomic mass is 10.3. The predicted octanol–water partition coefficient (Wildman–Crippen LogP) is 1.44. The SMILES string of the molecule is CCN(CC)c1cnnc(N2CCN(c3ccccn3)CC2)n1. The first-order valence-corrected chi connectivity index (χ1v) is 8.17. The molecule has 0 amide bonds. The van der Waals surface area contributed by atoms with E-state index in [0.717, 1.165) is 56.9 Å². The Kier molecular flexibility index (Phi) is 4.85. The van der Waals surface area contributed by atoms with Crippen molar-refractivity contribution in [3.63, 3.8) is 0 Å². The minimum absolute atomic E-state index is 0.718. The highest BCUT2D eigenvalue weighted by Gasteiger charge is 2.20. The molecular weight excluding hydrogens is 290 g/mol. The van der Waals surface area contributed by atoms with Gasteiger partial charge in [-0.25, -0.2) is 4.98 Å². The summed E-state index contributed by atoms with van der Waals surface area (Å²) >= 11 is 0. The van der Waals surface area contributed by atoms with Gasteiger partial charge >= 0.3 is 0 Å². The Morgan fingerprint density at radius 2 is 1.78 bits per heavy atom. The molecule has 122 valence electrons. The van der Waals surface area contributed by atoms with Crippen molar-refractivity contribution in [2.75, 3.05) is 54.0 Å². The Morgan fingerprint density at radius 3 is 2.43 bits per heavy atom. The molecule has 1 aliphatic heterocycles. The van der Waals surface area contributed by atoms with Crippen molar-refractivity contribution in [1.82, 2.24) is 20.2 Å². The standard InChI is InChI=1S/C16H23N7/c1-3-21(4-2)15-13-18-20-16(19-15)23-11-9-22(10-12-23)14-7-5-6-8-17-14/h5-8,13H,3-4,9-12H2,1-2H3. The van der Waals surface area contributed by atoms with E-state index in [9.17, 15) is 0 Å². The largest absolute Gasteiger partial charge is 0.356 e. The average molecular weight is 313 g/mol. The minimum Gasteiger partial charge on any atom is -0.356 e. The van der Waals surface area contributed by atoms with E-state index < -0.39 is 0 Å². The number of pyridine rings is 1. The first-order valence-electron chi connectivity index (χ1n) is 8.17. The third-order valence-corrected chi connectivity index (χ3v) is 4.16. The zero-order valence-corrected chi connectivity index (χ0v) is 13.8. The summed E-state index contributed by atoms with van der Waals surface area (Å²) < 4.78 is 0. The molecule has 0 radical (unpaired) electrons. The van der Waals surface area contributed by atoms with Crippen LogP contribution >= 0.6 is 0 Å². The van der Waals surface area contributed by atoms with Gasteiger partial charge in [-0.1, -0.05) is 6.07 Å². The summed E-state index contributed by atoms with van der Waals surface area (Å²) in [7, 11) is 0. The van der Waals surface area contributed by atoms with Crippen molar-refractivity contribution in [2.45, 2.75) is 13.8 Å². The van der Waals surface area contributed by atoms with Crippen LogP contribution in [0.1, 0.15) is 13.8 Å². The quantitative estimate of drug-likeness (QED) is 0.827. The summed E-state index contributed by atoms with van der Waals surface area (Å²) in [5, 5.41) is 8.35. The van der Waals surface area contributed by atoms with E-state index in [1.165, 1.54) is 0 Å². The highest BCUT2D eigenvalue weighted by Crippen LogP contribution is 2.17. The van der Waals surface area contributed by atoms with E-state index in [1.54, 1.807) is 6.20 Å². The molecule has 3 heterocycles. The van der Waals surface area contributed by atoms with E-state index in [4.69, 9.17) is 0 Å². The molecule has 1 fully saturated rings. The van der Waals surface area contributed by atoms with Crippen LogP contribution in [0.5, 0.6) is 0 Å². The fraction of sp³-hybridized carbons (Fsp3) is 0.500. The summed E-state index contributed by atoms with van der Waals surface area (Å²) in [6.07, 6.45) is 3.57. The van der Waals surface area contributed by atoms with Crippen molar-refractivity contribution < 1.29 is 0 Å². The zero-order chi connectivity index (χ0) is 16.1. The highest BCUT2D eigenvalue weighted by molar-refractivity contribution is 5.44. The number of hydrogen-bond acceptors (Lipinski definition) is 7. The molecule has 0 saturated carbocycles. The van der Waals surface area contributed by atoms with Gasteiger partial charge in [-0.2, -0.15) is 10.1 Å². The van der Waals surface area contributed by atoms with Gasteiger partial charge < -0.3 is 14.7 Å². The average Bonchev–Trinajstić information content (AvgIpc) is 2.64. The van der Waals surface area contributed by atoms with Gasteiger partial charge in [0.1, 0.15) is 5.82 Å². The van der Waals surface area contributed by atoms with E-state index >= 15 is 0 Å². The van der Waals surface area contributed by atoms with Crippen LogP contribution in [-0.2, 0) is 0 Å². The van der Waals surface area contributed by atoms with Gasteiger partial charge in [0.05, 0.1) is 6.20 Å². The van der Waals surface area contributed by atoms with Crippen LogP contribution in [0, 0.1) is 0 Å². The molecule has 1 saturated heterocycles. The third-order valence-electron chi connectivity index (χ3n) is 4.16. The third kappa shape index (κ3) is 3.49. The van der Waals surface area contributed by atoms with Crippen LogP contribution in [0.4, 0.5) is 17.6 Å². The number of hydrogen-bond donors (Lipinski definition) is 0. The molecular formula is C16H23N7. The molecule has 0 aliphatic carbocycles. The lowest BCUT2D eigenvalue weighted by Gasteiger charge is -2.35. The van der Waals surface area contributed by atoms with Gasteiger partial charge in [0.2, 0.25) is 5.95 Å². The van der Waals surface area contributed by atoms with Gasteiger partial charge in [0, 0.05) is 45.5 Å². The Balaban J connectivity index is 1.67. The molecule has 2 aromatic rings. The van der Waals surface area contributed by atoms with E-state index in [2.05, 4.69) is 54.8 Å². The second-order valence-corrected chi connectivity index (χ2v) is 5.45. The number of anilines is 3. The maximum Gasteiger partial charge on any atom is 0.247 e. The van der Waals surface area contributed by atoms with Gasteiger partial charge in [-0.3, -0.25) is 0 Å². The monoisotopic (exact) mass is 313 g/mol. The van der Waals surface area contributed by atoms with E-state index in [1.807, 2.05) is 18.3 Å². The van der Waals surface area contributed by atoms with E-state index in [0.29, 0.717) is 0 Å². The number of nitrogens with zero attached hydrogens (tertiary/aromatic N) is 7. The summed E-state index contributed by atoms with van der Waals surface area (Å²) in [4.78, 5) is 15.8. The normalized spacial score (nSPS) is 14.9. The van der Waals surface area contributed by atoms with Crippen LogP contribution < -0.4 is 14.7 Å². The van der Waals surface area contributed by atoms with Crippen LogP contribution in [0.2, 0.25) is 0 Å². The fourth-order valence-corrected chi connectivity index (χ4v) is 2.80. The highest BCUT2D eigenvalue weighted by atomic mass is 15.4. The van der Waals surface area contributed by atoms with Crippen molar-refractivity contribution in [1.29, 1.82) is 0 Å². The maximum atomic E-state index is 4.68. The smallest absolute Gasteiger partial charge is 0.247 e. The number of rotatable bonds is 5. The van der Waals surface area contributed by atoms with Crippen LogP contribution in [0.25, 0.3) is 0 Å². The summed E-state index contributed by atoms with van der Waals surface area (Å²) in [5.74, 6) is 2.64. The van der Waals surface area contributed by atoms with Crippen molar-refractivity contribution in [3.8, 4) is 0 Å². The van der Waals surface area contributed by atoms with Crippen LogP contribution in [0.15, 0.2) is 30.6 Å². The molecule has 0 bridgehead atoms. The predicted molar refractivity (Wildman–Crippen MR) is 92.1 cm³/mol. The molecule has 0 aromatic carbocycles. The zero-order valence-electron chi connectivity index (χ0n) is 13.8. The Hall–Kier alpha value is -2.44. The lowest BCUT2D eigenvalue weighted by molar-refractivity contribution is 0.628. The van der Waals surface area contributed by atoms with E-state index in [-0.39, 0.29) is 0 Å². The molecule has 7 nitrogen and oxygen atoms in total. The van der Waals surface area contributed by atoms with Crippen molar-refractivity contribution in [3.05, 3.63) is 30.6 Å². The minimum atomic E-state index is 0.718. The topological polar surface area (TPSA) is 61.3 Å². The van der Waals surface area contributed by atoms with Crippen LogP contribution in [-0.4, -0.2) is 59.4 Å². The molecule has 23 heavy (non-hydrogen) atoms. The number of piperazine rings is 1. The number of aromatic nitrogens is 4. The summed E-state index contributed by atoms with van der Waals surface area (Å²) in [6.45, 7) is 9.66. The first-order chi connectivity index (χ1) is 11.3. The summed E-state index contributed by atoms with van der Waals surface area (Å²) in [5.41, 5.74) is 0. The Labute approximate surface area is 137 Å². The molecule has 0 atom stereocenters. The molecule has 2 aromatic heterocycles. The van der Waals surface area contributed by atoms with Crippen molar-refractivity contribution in [2.24, 2.45) is 0 Å². The molecule has 0 unspecified atom stereocenters. The Morgan fingerprint density at radius 1 is 1.04 bits per heavy atom. The van der Waals surface area contributed by atoms with Gasteiger partial charge in [0.15, 0.2) is 5.82 Å². The van der Waals surface area contributed by atoms with Gasteiger partial charge in [0.25, 0.3) is 0 Å². The Bertz CT molecular complexity index is 607. The summed E-state index contributed by atoms with van der Waals surface area (Å²) in [6, 6.07) is 6.02. The first kappa shape index (κ1) is 15.5. The molecule has 0 N–H and O–H groups in total. The molecule has 0 spiro atoms. The molecule has 7 heteroatoms. The maximum absolute atomic E-state index is 4.68. The second-order valence-electron chi connectivity index (χ2n) is 5.45. The van der Waals surface area contributed by atoms with Crippen molar-refractivity contribution >= 4 is 17.6 Å². The fourth-order valence-electron chi connectivity index (χ4n) is 2.80. The molecule has 1 aliphatic rings.